The summed E-state index contributed by atoms with van der Waals surface area (Å²) in [4.78, 5) is 12.6. The lowest BCUT2D eigenvalue weighted by Gasteiger charge is -2.28. The van der Waals surface area contributed by atoms with Crippen molar-refractivity contribution in [2.75, 3.05) is 23.7 Å². The molecule has 0 aromatic heterocycles. The van der Waals surface area contributed by atoms with E-state index in [1.165, 1.54) is 25.1 Å². The molecule has 3 rings (SSSR count). The van der Waals surface area contributed by atoms with Crippen LogP contribution in [0.1, 0.15) is 6.92 Å². The van der Waals surface area contributed by atoms with Gasteiger partial charge in [0, 0.05) is 10.0 Å². The van der Waals surface area contributed by atoms with E-state index in [1.807, 2.05) is 42.5 Å². The SMILES string of the molecule is C[C@@H](C(=O)NCCOc1ccc2ccccc2c1)N(c1cc(Cl)cc(Cl)c1)S(C)(=O)=O. The molecular weight excluding hydrogens is 459 g/mol. The van der Waals surface area contributed by atoms with Gasteiger partial charge in [0.05, 0.1) is 18.5 Å². The maximum atomic E-state index is 12.6. The minimum absolute atomic E-state index is 0.212. The minimum Gasteiger partial charge on any atom is -0.492 e. The highest BCUT2D eigenvalue weighted by Gasteiger charge is 2.29. The van der Waals surface area contributed by atoms with Crippen molar-refractivity contribution >= 4 is 55.6 Å². The van der Waals surface area contributed by atoms with Crippen LogP contribution in [-0.4, -0.2) is 39.8 Å². The summed E-state index contributed by atoms with van der Waals surface area (Å²) in [6.07, 6.45) is 1.02. The molecule has 0 saturated carbocycles. The lowest BCUT2D eigenvalue weighted by Crippen LogP contribution is -2.48. The monoisotopic (exact) mass is 480 g/mol. The number of sulfonamides is 1. The van der Waals surface area contributed by atoms with Gasteiger partial charge in [0.15, 0.2) is 0 Å². The van der Waals surface area contributed by atoms with Crippen LogP contribution in [0.3, 0.4) is 0 Å². The van der Waals surface area contributed by atoms with Gasteiger partial charge in [-0.25, -0.2) is 8.42 Å². The van der Waals surface area contributed by atoms with Gasteiger partial charge in [-0.3, -0.25) is 9.10 Å². The molecule has 0 spiro atoms. The van der Waals surface area contributed by atoms with Gasteiger partial charge in [-0.1, -0.05) is 53.5 Å². The zero-order valence-electron chi connectivity index (χ0n) is 17.0. The van der Waals surface area contributed by atoms with E-state index in [2.05, 4.69) is 5.32 Å². The number of hydrogen-bond acceptors (Lipinski definition) is 4. The fourth-order valence-electron chi connectivity index (χ4n) is 3.22. The summed E-state index contributed by atoms with van der Waals surface area (Å²) in [6.45, 7) is 1.94. The molecule has 0 aliphatic heterocycles. The Morgan fingerprint density at radius 3 is 2.32 bits per heavy atom. The average Bonchev–Trinajstić information content (AvgIpc) is 2.69. The number of ether oxygens (including phenoxy) is 1. The molecule has 164 valence electrons. The van der Waals surface area contributed by atoms with Gasteiger partial charge in [0.25, 0.3) is 0 Å². The highest BCUT2D eigenvalue weighted by molar-refractivity contribution is 7.92. The standard InChI is InChI=1S/C22H22Cl2N2O4S/c1-15(26(31(2,28)29)20-13-18(23)12-19(24)14-20)22(27)25-9-10-30-21-8-7-16-5-3-4-6-17(16)11-21/h3-8,11-15H,9-10H2,1-2H3,(H,25,27)/t15-/m0/s1. The molecule has 0 radical (unpaired) electrons. The first kappa shape index (κ1) is 23.2. The highest BCUT2D eigenvalue weighted by Crippen LogP contribution is 2.28. The number of halogens is 2. The van der Waals surface area contributed by atoms with E-state index in [0.29, 0.717) is 5.75 Å². The molecule has 31 heavy (non-hydrogen) atoms. The summed E-state index contributed by atoms with van der Waals surface area (Å²) in [7, 11) is -3.77. The largest absolute Gasteiger partial charge is 0.492 e. The Morgan fingerprint density at radius 1 is 1.03 bits per heavy atom. The number of anilines is 1. The second kappa shape index (κ2) is 9.77. The van der Waals surface area contributed by atoms with E-state index >= 15 is 0 Å². The van der Waals surface area contributed by atoms with Crippen LogP contribution in [0.4, 0.5) is 5.69 Å². The summed E-state index contributed by atoms with van der Waals surface area (Å²) in [5.74, 6) is 0.218. The van der Waals surface area contributed by atoms with Crippen molar-refractivity contribution in [3.8, 4) is 5.75 Å². The first-order valence-electron chi connectivity index (χ1n) is 9.50. The molecule has 3 aromatic rings. The molecule has 1 N–H and O–H groups in total. The van der Waals surface area contributed by atoms with Crippen molar-refractivity contribution in [2.24, 2.45) is 0 Å². The summed E-state index contributed by atoms with van der Waals surface area (Å²) < 4.78 is 31.4. The molecule has 0 aliphatic rings. The second-order valence-corrected chi connectivity index (χ2v) is 9.74. The summed E-state index contributed by atoms with van der Waals surface area (Å²) in [6, 6.07) is 17.1. The van der Waals surface area contributed by atoms with Gasteiger partial charge in [-0.05, 0) is 48.0 Å². The molecule has 0 saturated heterocycles. The van der Waals surface area contributed by atoms with Gasteiger partial charge in [-0.15, -0.1) is 0 Å². The summed E-state index contributed by atoms with van der Waals surface area (Å²) >= 11 is 12.0. The maximum Gasteiger partial charge on any atom is 0.243 e. The molecule has 3 aromatic carbocycles. The van der Waals surface area contributed by atoms with Crippen molar-refractivity contribution < 1.29 is 17.9 Å². The number of nitrogens with one attached hydrogen (secondary N) is 1. The van der Waals surface area contributed by atoms with Crippen LogP contribution in [0.5, 0.6) is 5.75 Å². The molecule has 0 bridgehead atoms. The highest BCUT2D eigenvalue weighted by atomic mass is 35.5. The van der Waals surface area contributed by atoms with Crippen LogP contribution < -0.4 is 14.4 Å². The van der Waals surface area contributed by atoms with E-state index in [0.717, 1.165) is 21.3 Å². The van der Waals surface area contributed by atoms with Crippen LogP contribution in [0.25, 0.3) is 10.8 Å². The Morgan fingerprint density at radius 2 is 1.68 bits per heavy atom. The molecule has 0 fully saturated rings. The van der Waals surface area contributed by atoms with Gasteiger partial charge >= 0.3 is 0 Å². The normalized spacial score (nSPS) is 12.4. The Balaban J connectivity index is 1.62. The predicted molar refractivity (Wildman–Crippen MR) is 126 cm³/mol. The van der Waals surface area contributed by atoms with Crippen molar-refractivity contribution in [1.29, 1.82) is 0 Å². The smallest absolute Gasteiger partial charge is 0.243 e. The van der Waals surface area contributed by atoms with Crippen LogP contribution in [0.2, 0.25) is 10.0 Å². The molecule has 0 unspecified atom stereocenters. The first-order chi connectivity index (χ1) is 14.6. The molecule has 0 heterocycles. The third-order valence-electron chi connectivity index (χ3n) is 4.58. The van der Waals surface area contributed by atoms with Crippen molar-refractivity contribution in [2.45, 2.75) is 13.0 Å². The van der Waals surface area contributed by atoms with E-state index in [1.54, 1.807) is 0 Å². The van der Waals surface area contributed by atoms with Crippen molar-refractivity contribution in [3.05, 3.63) is 70.7 Å². The topological polar surface area (TPSA) is 75.7 Å². The van der Waals surface area contributed by atoms with Gasteiger partial charge in [0.1, 0.15) is 18.4 Å². The number of amides is 1. The number of fused-ring (bicyclic) bond motifs is 1. The molecular formula is C22H22Cl2N2O4S. The van der Waals surface area contributed by atoms with E-state index < -0.39 is 22.0 Å². The maximum absolute atomic E-state index is 12.6. The second-order valence-electron chi connectivity index (χ2n) is 7.01. The summed E-state index contributed by atoms with van der Waals surface area (Å²) in [5.41, 5.74) is 0.218. The Hall–Kier alpha value is -2.48. The lowest BCUT2D eigenvalue weighted by molar-refractivity contribution is -0.121. The van der Waals surface area contributed by atoms with Gasteiger partial charge in [-0.2, -0.15) is 0 Å². The predicted octanol–water partition coefficient (Wildman–Crippen LogP) is 4.50. The molecule has 9 heteroatoms. The quantitative estimate of drug-likeness (QED) is 0.481. The average molecular weight is 481 g/mol. The molecule has 0 aliphatic carbocycles. The van der Waals surface area contributed by atoms with Gasteiger partial charge in [0.2, 0.25) is 15.9 Å². The number of hydrogen-bond donors (Lipinski definition) is 1. The fourth-order valence-corrected chi connectivity index (χ4v) is 4.90. The van der Waals surface area contributed by atoms with Crippen LogP contribution in [0.15, 0.2) is 60.7 Å². The van der Waals surface area contributed by atoms with Crippen LogP contribution in [0, 0.1) is 0 Å². The lowest BCUT2D eigenvalue weighted by atomic mass is 10.1. The third-order valence-corrected chi connectivity index (χ3v) is 6.26. The minimum atomic E-state index is -3.77. The van der Waals surface area contributed by atoms with Gasteiger partial charge < -0.3 is 10.1 Å². The Labute approximate surface area is 191 Å². The van der Waals surface area contributed by atoms with Crippen molar-refractivity contribution in [3.63, 3.8) is 0 Å². The molecule has 6 nitrogen and oxygen atoms in total. The number of nitrogens with zero attached hydrogens (tertiary/aromatic N) is 1. The van der Waals surface area contributed by atoms with Crippen LogP contribution >= 0.6 is 23.2 Å². The van der Waals surface area contributed by atoms with E-state index in [9.17, 15) is 13.2 Å². The van der Waals surface area contributed by atoms with E-state index in [-0.39, 0.29) is 28.9 Å². The number of rotatable bonds is 8. The molecule has 1 amide bonds. The van der Waals surface area contributed by atoms with Crippen molar-refractivity contribution in [1.82, 2.24) is 5.32 Å². The third kappa shape index (κ3) is 6.03. The number of benzene rings is 3. The molecule has 1 atom stereocenters. The van der Waals surface area contributed by atoms with Crippen LogP contribution in [-0.2, 0) is 14.8 Å². The van der Waals surface area contributed by atoms with E-state index in [4.69, 9.17) is 27.9 Å². The fraction of sp³-hybridized carbons (Fsp3) is 0.227. The number of carbonyl (C=O) groups excluding carboxylic acids is 1. The summed E-state index contributed by atoms with van der Waals surface area (Å²) in [5, 5.41) is 5.41. The Kier molecular flexibility index (Phi) is 7.30. The number of carbonyl (C=O) groups is 1. The Bertz CT molecular complexity index is 1180. The zero-order valence-corrected chi connectivity index (χ0v) is 19.3. The first-order valence-corrected chi connectivity index (χ1v) is 12.1. The zero-order chi connectivity index (χ0) is 22.6.